The monoisotopic (exact) mass is 212 g/mol. The summed E-state index contributed by atoms with van der Waals surface area (Å²) in [5, 5.41) is 18.2. The van der Waals surface area contributed by atoms with Crippen molar-refractivity contribution in [1.29, 1.82) is 0 Å². The summed E-state index contributed by atoms with van der Waals surface area (Å²) in [4.78, 5) is 0. The van der Waals surface area contributed by atoms with Gasteiger partial charge >= 0.3 is 0 Å². The highest BCUT2D eigenvalue weighted by Gasteiger charge is 2.05. The van der Waals surface area contributed by atoms with Crippen LogP contribution in [0.25, 0.3) is 0 Å². The molecule has 0 aliphatic heterocycles. The van der Waals surface area contributed by atoms with Gasteiger partial charge in [0.15, 0.2) is 0 Å². The van der Waals surface area contributed by atoms with Crippen LogP contribution in [0.5, 0.6) is 0 Å². The molecule has 0 saturated carbocycles. The predicted molar refractivity (Wildman–Crippen MR) is 60.2 cm³/mol. The molecule has 0 atom stereocenters. The second-order valence-corrected chi connectivity index (χ2v) is 4.16. The van der Waals surface area contributed by atoms with E-state index in [0.29, 0.717) is 0 Å². The van der Waals surface area contributed by atoms with Gasteiger partial charge in [0.2, 0.25) is 0 Å². The normalized spacial score (nSPS) is 10.6. The van der Waals surface area contributed by atoms with Gasteiger partial charge in [0.1, 0.15) is 0 Å². The number of hydrogen-bond donors (Lipinski definition) is 2. The first-order valence-electron chi connectivity index (χ1n) is 4.54. The molecule has 0 fully saturated rings. The Morgan fingerprint density at radius 1 is 1.07 bits per heavy atom. The number of thioether (sulfide) groups is 1. The average molecular weight is 212 g/mol. The van der Waals surface area contributed by atoms with Crippen LogP contribution < -0.4 is 0 Å². The van der Waals surface area contributed by atoms with Crippen LogP contribution in [0, 0.1) is 6.92 Å². The molecule has 0 spiro atoms. The summed E-state index contributed by atoms with van der Waals surface area (Å²) < 4.78 is 0. The summed E-state index contributed by atoms with van der Waals surface area (Å²) in [6.07, 6.45) is 2.05. The van der Waals surface area contributed by atoms with Crippen molar-refractivity contribution >= 4 is 11.8 Å². The van der Waals surface area contributed by atoms with E-state index in [4.69, 9.17) is 10.2 Å². The van der Waals surface area contributed by atoms with Crippen LogP contribution in [0.4, 0.5) is 0 Å². The van der Waals surface area contributed by atoms with Gasteiger partial charge < -0.3 is 10.2 Å². The Balaban J connectivity index is 3.09. The lowest BCUT2D eigenvalue weighted by atomic mass is 10.0. The number of aliphatic hydroxyl groups excluding tert-OH is 2. The molecule has 0 aliphatic carbocycles. The minimum atomic E-state index is -0.00369. The molecule has 0 aliphatic rings. The molecule has 0 radical (unpaired) electrons. The van der Waals surface area contributed by atoms with Gasteiger partial charge in [0.05, 0.1) is 13.2 Å². The zero-order chi connectivity index (χ0) is 10.6. The van der Waals surface area contributed by atoms with Gasteiger partial charge in [-0.25, -0.2) is 0 Å². The fraction of sp³-hybridized carbons (Fsp3) is 0.455. The second kappa shape index (κ2) is 5.39. The topological polar surface area (TPSA) is 40.5 Å². The highest BCUT2D eigenvalue weighted by Crippen LogP contribution is 2.20. The van der Waals surface area contributed by atoms with Gasteiger partial charge in [0, 0.05) is 5.75 Å². The maximum absolute atomic E-state index is 9.12. The first-order valence-corrected chi connectivity index (χ1v) is 5.94. The molecule has 1 aromatic rings. The third kappa shape index (κ3) is 2.50. The summed E-state index contributed by atoms with van der Waals surface area (Å²) in [6, 6.07) is 3.94. The largest absolute Gasteiger partial charge is 0.392 e. The lowest BCUT2D eigenvalue weighted by Crippen LogP contribution is -1.98. The van der Waals surface area contributed by atoms with Crippen LogP contribution in [0.2, 0.25) is 0 Å². The van der Waals surface area contributed by atoms with Crippen molar-refractivity contribution in [3.05, 3.63) is 34.4 Å². The molecular weight excluding hydrogens is 196 g/mol. The van der Waals surface area contributed by atoms with Gasteiger partial charge in [0.25, 0.3) is 0 Å². The number of rotatable bonds is 4. The maximum Gasteiger partial charge on any atom is 0.0685 e. The van der Waals surface area contributed by atoms with Crippen molar-refractivity contribution in [1.82, 2.24) is 0 Å². The summed E-state index contributed by atoms with van der Waals surface area (Å²) in [5.74, 6) is 0.949. The first-order chi connectivity index (χ1) is 6.72. The molecule has 14 heavy (non-hydrogen) atoms. The number of hydrogen-bond acceptors (Lipinski definition) is 3. The van der Waals surface area contributed by atoms with E-state index in [1.807, 2.05) is 19.1 Å². The Hall–Kier alpha value is -0.510. The summed E-state index contributed by atoms with van der Waals surface area (Å²) in [7, 11) is 0. The van der Waals surface area contributed by atoms with Crippen molar-refractivity contribution in [3.63, 3.8) is 0 Å². The van der Waals surface area contributed by atoms with Gasteiger partial charge in [-0.2, -0.15) is 11.8 Å². The van der Waals surface area contributed by atoms with Crippen molar-refractivity contribution in [2.75, 3.05) is 6.26 Å². The molecule has 0 bridgehead atoms. The van der Waals surface area contributed by atoms with Crippen molar-refractivity contribution < 1.29 is 10.2 Å². The third-order valence-corrected chi connectivity index (χ3v) is 2.90. The Morgan fingerprint density at radius 3 is 2.14 bits per heavy atom. The van der Waals surface area contributed by atoms with E-state index in [2.05, 4.69) is 6.26 Å². The fourth-order valence-electron chi connectivity index (χ4n) is 1.47. The molecule has 1 rings (SSSR count). The fourth-order valence-corrected chi connectivity index (χ4v) is 2.09. The van der Waals surface area contributed by atoms with E-state index in [9.17, 15) is 0 Å². The highest BCUT2D eigenvalue weighted by atomic mass is 32.2. The van der Waals surface area contributed by atoms with E-state index in [1.54, 1.807) is 11.8 Å². The number of benzene rings is 1. The Kier molecular flexibility index (Phi) is 4.45. The minimum absolute atomic E-state index is 0.00243. The predicted octanol–water partition coefficient (Wildman–Crippen LogP) is 1.84. The molecule has 0 saturated heterocycles. The Morgan fingerprint density at radius 2 is 1.64 bits per heavy atom. The van der Waals surface area contributed by atoms with Crippen molar-refractivity contribution in [2.24, 2.45) is 0 Å². The molecule has 2 N–H and O–H groups in total. The number of aliphatic hydroxyl groups is 2. The van der Waals surface area contributed by atoms with Crippen LogP contribution in [0.3, 0.4) is 0 Å². The van der Waals surface area contributed by atoms with Gasteiger partial charge in [-0.15, -0.1) is 0 Å². The quantitative estimate of drug-likeness (QED) is 0.800. The molecule has 0 unspecified atom stereocenters. The van der Waals surface area contributed by atoms with Crippen molar-refractivity contribution in [3.8, 4) is 0 Å². The molecule has 0 aromatic heterocycles. The summed E-state index contributed by atoms with van der Waals surface area (Å²) >= 11 is 1.76. The standard InChI is InChI=1S/C11H16O2S/c1-8-3-9(5-12)10(6-13)4-11(8)7-14-2/h3-4,12-13H,5-7H2,1-2H3. The Labute approximate surface area is 89.0 Å². The van der Waals surface area contributed by atoms with E-state index in [-0.39, 0.29) is 13.2 Å². The van der Waals surface area contributed by atoms with Gasteiger partial charge in [-0.3, -0.25) is 0 Å². The van der Waals surface area contributed by atoms with Crippen LogP contribution in [-0.4, -0.2) is 16.5 Å². The Bertz CT molecular complexity index is 310. The van der Waals surface area contributed by atoms with E-state index in [0.717, 1.165) is 16.9 Å². The van der Waals surface area contributed by atoms with E-state index in [1.165, 1.54) is 11.1 Å². The zero-order valence-electron chi connectivity index (χ0n) is 8.58. The van der Waals surface area contributed by atoms with E-state index < -0.39 is 0 Å². The molecule has 78 valence electrons. The first kappa shape index (κ1) is 11.6. The van der Waals surface area contributed by atoms with Crippen LogP contribution in [0.1, 0.15) is 22.3 Å². The SMILES string of the molecule is CSCc1cc(CO)c(CO)cc1C. The van der Waals surface area contributed by atoms with Crippen LogP contribution in [0.15, 0.2) is 12.1 Å². The lowest BCUT2D eigenvalue weighted by Gasteiger charge is -2.10. The van der Waals surface area contributed by atoms with Crippen LogP contribution in [-0.2, 0) is 19.0 Å². The summed E-state index contributed by atoms with van der Waals surface area (Å²) in [6.45, 7) is 2.03. The lowest BCUT2D eigenvalue weighted by molar-refractivity contribution is 0.260. The summed E-state index contributed by atoms with van der Waals surface area (Å²) in [5.41, 5.74) is 4.08. The molecule has 2 nitrogen and oxygen atoms in total. The molecule has 0 amide bonds. The molecule has 0 heterocycles. The molecule has 3 heteroatoms. The van der Waals surface area contributed by atoms with Gasteiger partial charge in [-0.1, -0.05) is 12.1 Å². The highest BCUT2D eigenvalue weighted by molar-refractivity contribution is 7.97. The minimum Gasteiger partial charge on any atom is -0.392 e. The molecular formula is C11H16O2S. The smallest absolute Gasteiger partial charge is 0.0685 e. The van der Waals surface area contributed by atoms with Crippen LogP contribution >= 0.6 is 11.8 Å². The van der Waals surface area contributed by atoms with E-state index >= 15 is 0 Å². The van der Waals surface area contributed by atoms with Crippen molar-refractivity contribution in [2.45, 2.75) is 25.9 Å². The zero-order valence-corrected chi connectivity index (χ0v) is 9.40. The van der Waals surface area contributed by atoms with Gasteiger partial charge in [-0.05, 0) is 35.4 Å². The second-order valence-electron chi connectivity index (χ2n) is 3.30. The molecule has 1 aromatic carbocycles. The third-order valence-electron chi connectivity index (χ3n) is 2.30. The average Bonchev–Trinajstić information content (AvgIpc) is 2.20. The number of aryl methyl sites for hydroxylation is 1. The maximum atomic E-state index is 9.12.